The molecule has 2 heterocycles. The van der Waals surface area contributed by atoms with Crippen molar-refractivity contribution in [1.82, 2.24) is 0 Å². The van der Waals surface area contributed by atoms with E-state index < -0.39 is 5.63 Å². The molecule has 0 N–H and O–H groups in total. The Bertz CT molecular complexity index is 896. The first-order valence-corrected chi connectivity index (χ1v) is 7.21. The molecule has 1 aromatic heterocycles. The molecule has 0 fully saturated rings. The van der Waals surface area contributed by atoms with Crippen LogP contribution >= 0.6 is 0 Å². The summed E-state index contributed by atoms with van der Waals surface area (Å²) in [4.78, 5) is 14.2. The average Bonchev–Trinajstić information content (AvgIpc) is 2.55. The summed E-state index contributed by atoms with van der Waals surface area (Å²) in [6, 6.07) is 15.8. The predicted octanol–water partition coefficient (Wildman–Crippen LogP) is 3.46. The molecule has 0 aliphatic carbocycles. The van der Waals surface area contributed by atoms with Crippen molar-refractivity contribution in [2.45, 2.75) is 13.5 Å². The van der Waals surface area contributed by atoms with E-state index in [1.165, 1.54) is 5.56 Å². The molecule has 4 heteroatoms. The molecule has 0 atom stereocenters. The van der Waals surface area contributed by atoms with Gasteiger partial charge in [-0.25, -0.2) is 4.79 Å². The number of hydrogen-bond acceptors (Lipinski definition) is 4. The van der Waals surface area contributed by atoms with Gasteiger partial charge in [-0.15, -0.1) is 0 Å². The van der Waals surface area contributed by atoms with E-state index in [4.69, 9.17) is 9.15 Å². The Morgan fingerprint density at radius 2 is 1.82 bits per heavy atom. The first kappa shape index (κ1) is 13.0. The summed E-state index contributed by atoms with van der Waals surface area (Å²) in [7, 11) is 0. The lowest BCUT2D eigenvalue weighted by molar-refractivity contribution is 0.275. The Labute approximate surface area is 127 Å². The van der Waals surface area contributed by atoms with Gasteiger partial charge in [-0.3, -0.25) is 0 Å². The van der Waals surface area contributed by atoms with E-state index in [9.17, 15) is 4.79 Å². The summed E-state index contributed by atoms with van der Waals surface area (Å²) >= 11 is 0. The summed E-state index contributed by atoms with van der Waals surface area (Å²) in [6.07, 6.45) is 0. The summed E-state index contributed by atoms with van der Waals surface area (Å²) in [5.74, 6) is 0.335. The lowest BCUT2D eigenvalue weighted by Gasteiger charge is -2.30. The molecular weight excluding hydrogens is 278 g/mol. The van der Waals surface area contributed by atoms with Crippen LogP contribution in [0.3, 0.4) is 0 Å². The molecule has 4 nitrogen and oxygen atoms in total. The number of fused-ring (bicyclic) bond motifs is 3. The van der Waals surface area contributed by atoms with Gasteiger partial charge in [0.15, 0.2) is 6.73 Å². The second-order valence-electron chi connectivity index (χ2n) is 5.50. The van der Waals surface area contributed by atoms with E-state index >= 15 is 0 Å². The molecule has 22 heavy (non-hydrogen) atoms. The van der Waals surface area contributed by atoms with Gasteiger partial charge in [0.1, 0.15) is 5.58 Å². The zero-order chi connectivity index (χ0) is 15.1. The summed E-state index contributed by atoms with van der Waals surface area (Å²) < 4.78 is 11.0. The number of para-hydroxylation sites is 1. The highest BCUT2D eigenvalue weighted by molar-refractivity contribution is 5.82. The number of benzene rings is 2. The Morgan fingerprint density at radius 1 is 1.05 bits per heavy atom. The fourth-order valence-electron chi connectivity index (χ4n) is 2.80. The lowest BCUT2D eigenvalue weighted by Crippen LogP contribution is -2.34. The van der Waals surface area contributed by atoms with E-state index in [0.29, 0.717) is 24.6 Å². The molecule has 0 radical (unpaired) electrons. The Balaban J connectivity index is 1.82. The molecule has 0 saturated carbocycles. The highest BCUT2D eigenvalue weighted by Crippen LogP contribution is 2.31. The van der Waals surface area contributed by atoms with Crippen LogP contribution in [-0.2, 0) is 6.54 Å². The third-order valence-electron chi connectivity index (χ3n) is 3.99. The van der Waals surface area contributed by atoms with Gasteiger partial charge in [0.25, 0.3) is 0 Å². The molecule has 1 aliphatic heterocycles. The zero-order valence-electron chi connectivity index (χ0n) is 12.2. The molecule has 110 valence electrons. The number of hydrogen-bond donors (Lipinski definition) is 0. The van der Waals surface area contributed by atoms with Gasteiger partial charge in [0, 0.05) is 16.6 Å². The molecule has 4 rings (SSSR count). The molecule has 2 aromatic carbocycles. The third kappa shape index (κ3) is 2.04. The molecule has 0 bridgehead atoms. The van der Waals surface area contributed by atoms with E-state index in [1.807, 2.05) is 24.3 Å². The van der Waals surface area contributed by atoms with Gasteiger partial charge >= 0.3 is 5.63 Å². The van der Waals surface area contributed by atoms with Crippen LogP contribution in [0.5, 0.6) is 5.75 Å². The topological polar surface area (TPSA) is 42.7 Å². The molecule has 0 saturated heterocycles. The number of rotatable bonds is 1. The average molecular weight is 293 g/mol. The Morgan fingerprint density at radius 3 is 2.64 bits per heavy atom. The van der Waals surface area contributed by atoms with Crippen molar-refractivity contribution in [3.63, 3.8) is 0 Å². The van der Waals surface area contributed by atoms with Crippen LogP contribution in [0.4, 0.5) is 5.69 Å². The zero-order valence-corrected chi connectivity index (χ0v) is 12.2. The number of anilines is 1. The summed E-state index contributed by atoms with van der Waals surface area (Å²) in [5.41, 5.74) is 3.37. The van der Waals surface area contributed by atoms with Gasteiger partial charge in [-0.1, -0.05) is 35.9 Å². The second-order valence-corrected chi connectivity index (χ2v) is 5.50. The maximum absolute atomic E-state index is 12.1. The molecular formula is C18H15NO3. The SMILES string of the molecule is Cc1ccc(N2COc3c(c4ccccc4oc3=O)C2)cc1. The quantitative estimate of drug-likeness (QED) is 0.644. The Hall–Kier alpha value is -2.75. The second kappa shape index (κ2) is 4.91. The van der Waals surface area contributed by atoms with Crippen LogP contribution in [-0.4, -0.2) is 6.73 Å². The van der Waals surface area contributed by atoms with Gasteiger partial charge < -0.3 is 14.1 Å². The fourth-order valence-corrected chi connectivity index (χ4v) is 2.80. The maximum atomic E-state index is 12.1. The minimum absolute atomic E-state index is 0.335. The maximum Gasteiger partial charge on any atom is 0.379 e. The van der Waals surface area contributed by atoms with E-state index in [1.54, 1.807) is 0 Å². The van der Waals surface area contributed by atoms with Gasteiger partial charge in [0.05, 0.1) is 6.54 Å². The smallest absolute Gasteiger partial charge is 0.379 e. The fraction of sp³-hybridized carbons (Fsp3) is 0.167. The minimum Gasteiger partial charge on any atom is -0.465 e. The monoisotopic (exact) mass is 293 g/mol. The molecule has 1 aliphatic rings. The molecule has 0 unspecified atom stereocenters. The highest BCUT2D eigenvalue weighted by atomic mass is 16.5. The van der Waals surface area contributed by atoms with Gasteiger partial charge in [-0.2, -0.15) is 0 Å². The van der Waals surface area contributed by atoms with Crippen molar-refractivity contribution < 1.29 is 9.15 Å². The predicted molar refractivity (Wildman–Crippen MR) is 85.3 cm³/mol. The van der Waals surface area contributed by atoms with Crippen molar-refractivity contribution >= 4 is 16.7 Å². The van der Waals surface area contributed by atoms with Crippen LogP contribution in [0.25, 0.3) is 11.0 Å². The third-order valence-corrected chi connectivity index (χ3v) is 3.99. The number of nitrogens with zero attached hydrogens (tertiary/aromatic N) is 1. The van der Waals surface area contributed by atoms with Crippen LogP contribution < -0.4 is 15.3 Å². The van der Waals surface area contributed by atoms with Crippen LogP contribution in [0.1, 0.15) is 11.1 Å². The minimum atomic E-state index is -0.405. The molecule has 3 aromatic rings. The van der Waals surface area contributed by atoms with Crippen LogP contribution in [0, 0.1) is 6.92 Å². The van der Waals surface area contributed by atoms with E-state index in [2.05, 4.69) is 36.1 Å². The van der Waals surface area contributed by atoms with Gasteiger partial charge in [0.2, 0.25) is 5.75 Å². The van der Waals surface area contributed by atoms with Crippen molar-refractivity contribution in [2.75, 3.05) is 11.6 Å². The number of ether oxygens (including phenoxy) is 1. The van der Waals surface area contributed by atoms with Crippen molar-refractivity contribution in [3.05, 3.63) is 70.1 Å². The number of aryl methyl sites for hydroxylation is 1. The molecule has 0 spiro atoms. The largest absolute Gasteiger partial charge is 0.465 e. The normalized spacial score (nSPS) is 13.8. The first-order chi connectivity index (χ1) is 10.7. The van der Waals surface area contributed by atoms with E-state index in [-0.39, 0.29) is 0 Å². The van der Waals surface area contributed by atoms with Crippen LogP contribution in [0.15, 0.2) is 57.7 Å². The molecule has 0 amide bonds. The first-order valence-electron chi connectivity index (χ1n) is 7.21. The van der Waals surface area contributed by atoms with Crippen LogP contribution in [0.2, 0.25) is 0 Å². The van der Waals surface area contributed by atoms with Crippen molar-refractivity contribution in [3.8, 4) is 5.75 Å². The van der Waals surface area contributed by atoms with Crippen molar-refractivity contribution in [2.24, 2.45) is 0 Å². The highest BCUT2D eigenvalue weighted by Gasteiger charge is 2.24. The van der Waals surface area contributed by atoms with E-state index in [0.717, 1.165) is 16.6 Å². The standard InChI is InChI=1S/C18H15NO3/c1-12-6-8-13(9-7-12)19-10-15-14-4-2-3-5-16(14)22-18(20)17(15)21-11-19/h2-9H,10-11H2,1H3. The summed E-state index contributed by atoms with van der Waals surface area (Å²) in [6.45, 7) is 3.04. The Kier molecular flexibility index (Phi) is 2.89. The van der Waals surface area contributed by atoms with Crippen molar-refractivity contribution in [1.29, 1.82) is 0 Å². The lowest BCUT2D eigenvalue weighted by atomic mass is 10.1. The summed E-state index contributed by atoms with van der Waals surface area (Å²) in [5, 5.41) is 0.925. The van der Waals surface area contributed by atoms with Gasteiger partial charge in [-0.05, 0) is 25.1 Å².